The molecule has 0 radical (unpaired) electrons. The zero-order valence-corrected chi connectivity index (χ0v) is 12.1. The first-order chi connectivity index (χ1) is 10.7. The Balaban J connectivity index is 1.97. The summed E-state index contributed by atoms with van der Waals surface area (Å²) in [6.07, 6.45) is 2.65. The predicted octanol–water partition coefficient (Wildman–Crippen LogP) is 4.29. The number of carboxylic acid groups (broad SMARTS) is 1. The average molecular weight is 293 g/mol. The van der Waals surface area contributed by atoms with Crippen molar-refractivity contribution in [2.75, 3.05) is 0 Å². The Morgan fingerprint density at radius 3 is 2.59 bits per heavy atom. The van der Waals surface area contributed by atoms with Gasteiger partial charge in [-0.25, -0.2) is 9.78 Å². The Kier molecular flexibility index (Phi) is 3.74. The van der Waals surface area contributed by atoms with Crippen molar-refractivity contribution in [3.05, 3.63) is 65.9 Å². The molecule has 22 heavy (non-hydrogen) atoms. The minimum absolute atomic E-state index is 0.228. The lowest BCUT2D eigenvalue weighted by Gasteiger charge is -2.09. The van der Waals surface area contributed by atoms with Crippen molar-refractivity contribution in [2.45, 2.75) is 13.3 Å². The first-order valence-corrected chi connectivity index (χ1v) is 7.06. The molecular weight excluding hydrogens is 278 g/mol. The maximum Gasteiger partial charge on any atom is 0.335 e. The van der Waals surface area contributed by atoms with Gasteiger partial charge in [0.2, 0.25) is 5.88 Å². The molecule has 1 heterocycles. The third-order valence-electron chi connectivity index (χ3n) is 3.52. The van der Waals surface area contributed by atoms with Crippen LogP contribution in [-0.2, 0) is 6.42 Å². The number of ether oxygens (including phenoxy) is 1. The van der Waals surface area contributed by atoms with Crippen LogP contribution in [0.25, 0.3) is 10.8 Å². The van der Waals surface area contributed by atoms with E-state index in [1.807, 2.05) is 6.07 Å². The highest BCUT2D eigenvalue weighted by Gasteiger charge is 2.07. The number of carboxylic acids is 1. The molecule has 0 fully saturated rings. The van der Waals surface area contributed by atoms with Crippen LogP contribution in [0.3, 0.4) is 0 Å². The molecule has 0 aliphatic heterocycles. The maximum absolute atomic E-state index is 10.9. The lowest BCUT2D eigenvalue weighted by Crippen LogP contribution is -1.96. The molecule has 0 bridgehead atoms. The fraction of sp³-hybridized carbons (Fsp3) is 0.111. The van der Waals surface area contributed by atoms with Gasteiger partial charge in [-0.3, -0.25) is 0 Å². The zero-order chi connectivity index (χ0) is 15.5. The molecule has 0 unspecified atom stereocenters. The van der Waals surface area contributed by atoms with E-state index in [9.17, 15) is 4.79 Å². The van der Waals surface area contributed by atoms with Crippen LogP contribution in [0.5, 0.6) is 11.6 Å². The molecule has 0 spiro atoms. The second kappa shape index (κ2) is 5.85. The Hall–Kier alpha value is -2.88. The summed E-state index contributed by atoms with van der Waals surface area (Å²) in [5, 5.41) is 10.9. The Morgan fingerprint density at radius 1 is 1.14 bits per heavy atom. The normalized spacial score (nSPS) is 10.6. The van der Waals surface area contributed by atoms with E-state index in [0.29, 0.717) is 11.6 Å². The fourth-order valence-corrected chi connectivity index (χ4v) is 2.27. The molecule has 0 aliphatic rings. The summed E-state index contributed by atoms with van der Waals surface area (Å²) in [6.45, 7) is 2.10. The average Bonchev–Trinajstić information content (AvgIpc) is 2.55. The van der Waals surface area contributed by atoms with Crippen LogP contribution >= 0.6 is 0 Å². The SMILES string of the molecule is CCc1ccc2ccnc(Oc3ccc(C(=O)O)cc3)c2c1. The van der Waals surface area contributed by atoms with Crippen LogP contribution in [0.1, 0.15) is 22.8 Å². The van der Waals surface area contributed by atoms with Crippen LogP contribution in [-0.4, -0.2) is 16.1 Å². The van der Waals surface area contributed by atoms with Crippen LogP contribution in [0.15, 0.2) is 54.7 Å². The van der Waals surface area contributed by atoms with E-state index < -0.39 is 5.97 Å². The van der Waals surface area contributed by atoms with Crippen molar-refractivity contribution in [1.82, 2.24) is 4.98 Å². The maximum atomic E-state index is 10.9. The lowest BCUT2D eigenvalue weighted by atomic mass is 10.1. The molecule has 3 rings (SSSR count). The van der Waals surface area contributed by atoms with E-state index in [2.05, 4.69) is 30.1 Å². The molecule has 0 atom stereocenters. The third-order valence-corrected chi connectivity index (χ3v) is 3.52. The fourth-order valence-electron chi connectivity index (χ4n) is 2.27. The van der Waals surface area contributed by atoms with E-state index in [0.717, 1.165) is 17.2 Å². The number of fused-ring (bicyclic) bond motifs is 1. The smallest absolute Gasteiger partial charge is 0.335 e. The van der Waals surface area contributed by atoms with Crippen molar-refractivity contribution < 1.29 is 14.6 Å². The number of nitrogens with zero attached hydrogens (tertiary/aromatic N) is 1. The van der Waals surface area contributed by atoms with Crippen LogP contribution in [0.2, 0.25) is 0 Å². The summed E-state index contributed by atoms with van der Waals surface area (Å²) in [5.74, 6) is 0.130. The molecule has 0 aliphatic carbocycles. The number of carbonyl (C=O) groups is 1. The monoisotopic (exact) mass is 293 g/mol. The molecular formula is C18H15NO3. The van der Waals surface area contributed by atoms with E-state index >= 15 is 0 Å². The van der Waals surface area contributed by atoms with Crippen LogP contribution in [0, 0.1) is 0 Å². The van der Waals surface area contributed by atoms with Gasteiger partial charge >= 0.3 is 5.97 Å². The number of hydrogen-bond acceptors (Lipinski definition) is 3. The number of aromatic nitrogens is 1. The second-order valence-electron chi connectivity index (χ2n) is 4.96. The van der Waals surface area contributed by atoms with E-state index in [1.54, 1.807) is 18.3 Å². The minimum Gasteiger partial charge on any atom is -0.478 e. The van der Waals surface area contributed by atoms with E-state index in [-0.39, 0.29) is 5.56 Å². The largest absolute Gasteiger partial charge is 0.478 e. The summed E-state index contributed by atoms with van der Waals surface area (Å²) >= 11 is 0. The summed E-state index contributed by atoms with van der Waals surface area (Å²) < 4.78 is 5.82. The lowest BCUT2D eigenvalue weighted by molar-refractivity contribution is 0.0697. The van der Waals surface area contributed by atoms with Crippen molar-refractivity contribution in [3.8, 4) is 11.6 Å². The quantitative estimate of drug-likeness (QED) is 0.779. The molecule has 2 aromatic carbocycles. The summed E-state index contributed by atoms with van der Waals surface area (Å²) in [7, 11) is 0. The van der Waals surface area contributed by atoms with Crippen molar-refractivity contribution in [1.29, 1.82) is 0 Å². The summed E-state index contributed by atoms with van der Waals surface area (Å²) in [5.41, 5.74) is 1.44. The van der Waals surface area contributed by atoms with Gasteiger partial charge in [0.15, 0.2) is 0 Å². The molecule has 110 valence electrons. The number of aromatic carboxylic acids is 1. The molecule has 1 aromatic heterocycles. The van der Waals surface area contributed by atoms with Gasteiger partial charge in [-0.05, 0) is 53.8 Å². The topological polar surface area (TPSA) is 59.4 Å². The van der Waals surface area contributed by atoms with Gasteiger partial charge in [-0.1, -0.05) is 19.1 Å². The number of rotatable bonds is 4. The van der Waals surface area contributed by atoms with E-state index in [1.165, 1.54) is 17.7 Å². The molecule has 0 saturated carbocycles. The summed E-state index contributed by atoms with van der Waals surface area (Å²) in [4.78, 5) is 15.2. The van der Waals surface area contributed by atoms with Gasteiger partial charge in [-0.2, -0.15) is 0 Å². The highest BCUT2D eigenvalue weighted by Crippen LogP contribution is 2.28. The van der Waals surface area contributed by atoms with Gasteiger partial charge in [0, 0.05) is 11.6 Å². The highest BCUT2D eigenvalue weighted by atomic mass is 16.5. The molecule has 4 nitrogen and oxygen atoms in total. The first-order valence-electron chi connectivity index (χ1n) is 7.06. The Bertz CT molecular complexity index is 825. The molecule has 3 aromatic rings. The van der Waals surface area contributed by atoms with Crippen molar-refractivity contribution >= 4 is 16.7 Å². The molecule has 1 N–H and O–H groups in total. The van der Waals surface area contributed by atoms with Crippen LogP contribution in [0.4, 0.5) is 0 Å². The summed E-state index contributed by atoms with van der Waals surface area (Å²) in [6, 6.07) is 14.4. The predicted molar refractivity (Wildman–Crippen MR) is 84.6 cm³/mol. The third kappa shape index (κ3) is 2.76. The highest BCUT2D eigenvalue weighted by molar-refractivity contribution is 5.88. The second-order valence-corrected chi connectivity index (χ2v) is 4.96. The van der Waals surface area contributed by atoms with Gasteiger partial charge < -0.3 is 9.84 Å². The van der Waals surface area contributed by atoms with Crippen molar-refractivity contribution in [2.24, 2.45) is 0 Å². The zero-order valence-electron chi connectivity index (χ0n) is 12.1. The van der Waals surface area contributed by atoms with Crippen LogP contribution < -0.4 is 4.74 Å². The van der Waals surface area contributed by atoms with E-state index in [4.69, 9.17) is 9.84 Å². The Labute approximate surface area is 128 Å². The molecule has 0 amide bonds. The Morgan fingerprint density at radius 2 is 1.91 bits per heavy atom. The van der Waals surface area contributed by atoms with Gasteiger partial charge in [0.1, 0.15) is 5.75 Å². The number of pyridine rings is 1. The first kappa shape index (κ1) is 14.1. The standard InChI is InChI=1S/C18H15NO3/c1-2-12-3-4-13-9-10-19-17(16(13)11-12)22-15-7-5-14(6-8-15)18(20)21/h3-11H,2H2,1H3,(H,20,21). The number of hydrogen-bond donors (Lipinski definition) is 1. The minimum atomic E-state index is -0.956. The number of aryl methyl sites for hydroxylation is 1. The van der Waals surface area contributed by atoms with Gasteiger partial charge in [0.25, 0.3) is 0 Å². The molecule has 4 heteroatoms. The van der Waals surface area contributed by atoms with Gasteiger partial charge in [-0.15, -0.1) is 0 Å². The van der Waals surface area contributed by atoms with Gasteiger partial charge in [0.05, 0.1) is 5.56 Å². The van der Waals surface area contributed by atoms with Crippen molar-refractivity contribution in [3.63, 3.8) is 0 Å². The number of benzene rings is 2. The molecule has 0 saturated heterocycles.